The van der Waals surface area contributed by atoms with E-state index in [2.05, 4.69) is 33.1 Å². The van der Waals surface area contributed by atoms with Gasteiger partial charge in [-0.15, -0.1) is 0 Å². The van der Waals surface area contributed by atoms with Gasteiger partial charge < -0.3 is 19.5 Å². The molecule has 7 heteroatoms. The highest BCUT2D eigenvalue weighted by molar-refractivity contribution is 9.10. The van der Waals surface area contributed by atoms with Crippen LogP contribution in [0.4, 0.5) is 0 Å². The van der Waals surface area contributed by atoms with Crippen LogP contribution in [0.1, 0.15) is 24.2 Å². The second kappa shape index (κ2) is 9.25. The van der Waals surface area contributed by atoms with Gasteiger partial charge in [0.2, 0.25) is 0 Å². The van der Waals surface area contributed by atoms with Crippen LogP contribution in [0.15, 0.2) is 16.6 Å². The molecule has 1 atom stereocenters. The lowest BCUT2D eigenvalue weighted by atomic mass is 10.1. The Bertz CT molecular complexity index is 562. The first kappa shape index (κ1) is 19.0. The maximum atomic E-state index is 12.4. The van der Waals surface area contributed by atoms with E-state index in [4.69, 9.17) is 14.2 Å². The van der Waals surface area contributed by atoms with Crippen LogP contribution in [0.5, 0.6) is 11.5 Å². The number of amides is 1. The van der Waals surface area contributed by atoms with Crippen LogP contribution in [0, 0.1) is 0 Å². The second-order valence-electron chi connectivity index (χ2n) is 5.63. The summed E-state index contributed by atoms with van der Waals surface area (Å²) < 4.78 is 16.9. The zero-order valence-electron chi connectivity index (χ0n) is 14.4. The number of carbonyl (C=O) groups excluding carboxylic acids is 1. The van der Waals surface area contributed by atoms with Gasteiger partial charge >= 0.3 is 0 Å². The largest absolute Gasteiger partial charge is 0.493 e. The SMILES string of the molecule is CCOc1c(Br)cc(C(=O)NCC(C)N2CCOCC2)cc1OC. The highest BCUT2D eigenvalue weighted by Gasteiger charge is 2.19. The number of ether oxygens (including phenoxy) is 3. The van der Waals surface area contributed by atoms with E-state index in [1.54, 1.807) is 19.2 Å². The van der Waals surface area contributed by atoms with E-state index in [-0.39, 0.29) is 11.9 Å². The van der Waals surface area contributed by atoms with Gasteiger partial charge in [-0.3, -0.25) is 9.69 Å². The summed E-state index contributed by atoms with van der Waals surface area (Å²) in [5.74, 6) is 1.02. The molecule has 0 aliphatic carbocycles. The van der Waals surface area contributed by atoms with Crippen LogP contribution in [0.3, 0.4) is 0 Å². The first-order valence-corrected chi connectivity index (χ1v) is 8.96. The molecule has 2 rings (SSSR count). The Morgan fingerprint density at radius 1 is 1.42 bits per heavy atom. The molecule has 1 unspecified atom stereocenters. The monoisotopic (exact) mass is 400 g/mol. The van der Waals surface area contributed by atoms with Crippen molar-refractivity contribution >= 4 is 21.8 Å². The smallest absolute Gasteiger partial charge is 0.251 e. The number of rotatable bonds is 7. The van der Waals surface area contributed by atoms with Crippen molar-refractivity contribution in [3.63, 3.8) is 0 Å². The Labute approximate surface area is 151 Å². The summed E-state index contributed by atoms with van der Waals surface area (Å²) in [4.78, 5) is 14.8. The predicted molar refractivity (Wildman–Crippen MR) is 96.1 cm³/mol. The molecular weight excluding hydrogens is 376 g/mol. The van der Waals surface area contributed by atoms with E-state index >= 15 is 0 Å². The summed E-state index contributed by atoms with van der Waals surface area (Å²) in [7, 11) is 1.56. The van der Waals surface area contributed by atoms with Gasteiger partial charge in [-0.05, 0) is 41.9 Å². The first-order chi connectivity index (χ1) is 11.6. The highest BCUT2D eigenvalue weighted by Crippen LogP contribution is 2.36. The molecule has 1 saturated heterocycles. The van der Waals surface area contributed by atoms with E-state index in [0.717, 1.165) is 26.3 Å². The van der Waals surface area contributed by atoms with Gasteiger partial charge in [0.25, 0.3) is 5.91 Å². The third-order valence-corrected chi connectivity index (χ3v) is 4.60. The molecule has 24 heavy (non-hydrogen) atoms. The number of hydrogen-bond acceptors (Lipinski definition) is 5. The number of benzene rings is 1. The molecule has 0 aromatic heterocycles. The number of methoxy groups -OCH3 is 1. The molecule has 134 valence electrons. The van der Waals surface area contributed by atoms with Crippen molar-refractivity contribution in [2.24, 2.45) is 0 Å². The molecule has 1 aromatic carbocycles. The van der Waals surface area contributed by atoms with Crippen molar-refractivity contribution in [3.8, 4) is 11.5 Å². The Kier molecular flexibility index (Phi) is 7.33. The molecule has 1 aliphatic rings. The Morgan fingerprint density at radius 3 is 2.75 bits per heavy atom. The van der Waals surface area contributed by atoms with E-state index in [1.165, 1.54) is 0 Å². The van der Waals surface area contributed by atoms with Crippen LogP contribution in [0.2, 0.25) is 0 Å². The average molecular weight is 401 g/mol. The number of morpholine rings is 1. The van der Waals surface area contributed by atoms with Gasteiger partial charge in [-0.25, -0.2) is 0 Å². The lowest BCUT2D eigenvalue weighted by Gasteiger charge is -2.32. The molecule has 1 aromatic rings. The molecule has 1 fully saturated rings. The summed E-state index contributed by atoms with van der Waals surface area (Å²) >= 11 is 3.44. The summed E-state index contributed by atoms with van der Waals surface area (Å²) in [6.07, 6.45) is 0. The van der Waals surface area contributed by atoms with Gasteiger partial charge in [-0.2, -0.15) is 0 Å². The molecule has 0 saturated carbocycles. The number of hydrogen-bond donors (Lipinski definition) is 1. The predicted octanol–water partition coefficient (Wildman–Crippen LogP) is 2.31. The van der Waals surface area contributed by atoms with Crippen LogP contribution in [0.25, 0.3) is 0 Å². The van der Waals surface area contributed by atoms with Crippen molar-refractivity contribution in [1.82, 2.24) is 10.2 Å². The Balaban J connectivity index is 2.00. The molecule has 0 radical (unpaired) electrons. The number of carbonyl (C=O) groups is 1. The minimum absolute atomic E-state index is 0.128. The maximum absolute atomic E-state index is 12.4. The van der Waals surface area contributed by atoms with Gasteiger partial charge in [0.15, 0.2) is 11.5 Å². The summed E-state index contributed by atoms with van der Waals surface area (Å²) in [5.41, 5.74) is 0.538. The van der Waals surface area contributed by atoms with E-state index in [0.29, 0.717) is 34.7 Å². The number of nitrogens with one attached hydrogen (secondary N) is 1. The molecule has 1 heterocycles. The molecule has 1 amide bonds. The summed E-state index contributed by atoms with van der Waals surface area (Å²) in [6, 6.07) is 3.72. The van der Waals surface area contributed by atoms with E-state index < -0.39 is 0 Å². The maximum Gasteiger partial charge on any atom is 0.251 e. The van der Waals surface area contributed by atoms with Gasteiger partial charge in [0.1, 0.15) is 0 Å². The molecule has 0 bridgehead atoms. The molecular formula is C17H25BrN2O4. The minimum atomic E-state index is -0.128. The zero-order chi connectivity index (χ0) is 17.5. The van der Waals surface area contributed by atoms with Crippen LogP contribution < -0.4 is 14.8 Å². The van der Waals surface area contributed by atoms with E-state index in [1.807, 2.05) is 6.92 Å². The third-order valence-electron chi connectivity index (χ3n) is 4.01. The van der Waals surface area contributed by atoms with Gasteiger partial charge in [0.05, 0.1) is 31.4 Å². The van der Waals surface area contributed by atoms with Crippen molar-refractivity contribution < 1.29 is 19.0 Å². The second-order valence-corrected chi connectivity index (χ2v) is 6.48. The average Bonchev–Trinajstić information content (AvgIpc) is 2.61. The fourth-order valence-corrected chi connectivity index (χ4v) is 3.18. The minimum Gasteiger partial charge on any atom is -0.493 e. The molecule has 1 N–H and O–H groups in total. The third kappa shape index (κ3) is 4.84. The van der Waals surface area contributed by atoms with Crippen molar-refractivity contribution in [2.75, 3.05) is 46.6 Å². The van der Waals surface area contributed by atoms with Crippen LogP contribution >= 0.6 is 15.9 Å². The highest BCUT2D eigenvalue weighted by atomic mass is 79.9. The lowest BCUT2D eigenvalue weighted by Crippen LogP contribution is -2.47. The van der Waals surface area contributed by atoms with Crippen molar-refractivity contribution in [1.29, 1.82) is 0 Å². The summed E-state index contributed by atoms with van der Waals surface area (Å²) in [6.45, 7) is 8.44. The first-order valence-electron chi connectivity index (χ1n) is 8.17. The summed E-state index contributed by atoms with van der Waals surface area (Å²) in [5, 5.41) is 2.99. The lowest BCUT2D eigenvalue weighted by molar-refractivity contribution is 0.0204. The van der Waals surface area contributed by atoms with Crippen LogP contribution in [-0.4, -0.2) is 63.4 Å². The fraction of sp³-hybridized carbons (Fsp3) is 0.588. The number of nitrogens with zero attached hydrogens (tertiary/aromatic N) is 1. The van der Waals surface area contributed by atoms with Crippen molar-refractivity contribution in [2.45, 2.75) is 19.9 Å². The quantitative estimate of drug-likeness (QED) is 0.760. The van der Waals surface area contributed by atoms with Crippen molar-refractivity contribution in [3.05, 3.63) is 22.2 Å². The van der Waals surface area contributed by atoms with Crippen LogP contribution in [-0.2, 0) is 4.74 Å². The van der Waals surface area contributed by atoms with Gasteiger partial charge in [-0.1, -0.05) is 0 Å². The normalized spacial score (nSPS) is 16.5. The molecule has 1 aliphatic heterocycles. The Morgan fingerprint density at radius 2 is 2.12 bits per heavy atom. The number of halogens is 1. The zero-order valence-corrected chi connectivity index (χ0v) is 16.0. The molecule has 0 spiro atoms. The topological polar surface area (TPSA) is 60.0 Å². The van der Waals surface area contributed by atoms with E-state index in [9.17, 15) is 4.79 Å². The standard InChI is InChI=1S/C17H25BrN2O4/c1-4-24-16-14(18)9-13(10-15(16)22-3)17(21)19-11-12(2)20-5-7-23-8-6-20/h9-10,12H,4-8,11H2,1-3H3,(H,19,21). The molecule has 6 nitrogen and oxygen atoms in total. The Hall–Kier alpha value is -1.31. The van der Waals surface area contributed by atoms with Gasteiger partial charge in [0, 0.05) is 31.2 Å². The fourth-order valence-electron chi connectivity index (χ4n) is 2.63.